The minimum Gasteiger partial charge on any atom is -0.492 e. The average molecular weight is 472 g/mol. The first-order valence-electron chi connectivity index (χ1n) is 10.6. The third-order valence-electron chi connectivity index (χ3n) is 5.83. The number of benzene rings is 2. The minimum absolute atomic E-state index is 0.0729. The van der Waals surface area contributed by atoms with Gasteiger partial charge < -0.3 is 10.0 Å². The predicted octanol–water partition coefficient (Wildman–Crippen LogP) is 4.76. The van der Waals surface area contributed by atoms with Gasteiger partial charge >= 0.3 is 0 Å². The predicted molar refractivity (Wildman–Crippen MR) is 125 cm³/mol. The van der Waals surface area contributed by atoms with Crippen molar-refractivity contribution in [1.82, 2.24) is 19.5 Å². The Labute approximate surface area is 194 Å². The van der Waals surface area contributed by atoms with E-state index < -0.39 is 0 Å². The second kappa shape index (κ2) is 8.69. The molecule has 0 amide bonds. The number of aromatic hydroxyl groups is 1. The van der Waals surface area contributed by atoms with Gasteiger partial charge in [0, 0.05) is 43.3 Å². The van der Waals surface area contributed by atoms with Crippen molar-refractivity contribution in [1.29, 1.82) is 0 Å². The molecule has 0 spiro atoms. The minimum atomic E-state index is -0.294. The lowest BCUT2D eigenvalue weighted by molar-refractivity contribution is 0.211. The maximum absolute atomic E-state index is 14.1. The van der Waals surface area contributed by atoms with Gasteiger partial charge in [-0.05, 0) is 35.9 Å². The first-order valence-corrected chi connectivity index (χ1v) is 11.8. The molecule has 0 unspecified atom stereocenters. The van der Waals surface area contributed by atoms with Crippen LogP contribution in [-0.2, 0) is 6.42 Å². The van der Waals surface area contributed by atoms with Crippen LogP contribution in [-0.4, -0.2) is 50.8 Å². The molecule has 1 saturated heterocycles. The highest BCUT2D eigenvalue weighted by atomic mass is 35.5. The molecule has 2 aromatic carbocycles. The maximum Gasteiger partial charge on any atom is 0.230 e. The molecule has 1 N–H and O–H groups in total. The quantitative estimate of drug-likeness (QED) is 0.454. The molecular weight excluding hydrogens is 449 g/mol. The van der Waals surface area contributed by atoms with Crippen molar-refractivity contribution >= 4 is 33.6 Å². The Morgan fingerprint density at radius 3 is 2.59 bits per heavy atom. The highest BCUT2D eigenvalue weighted by molar-refractivity contribution is 7.17. The molecule has 3 heterocycles. The summed E-state index contributed by atoms with van der Waals surface area (Å²) in [5, 5.41) is 16.1. The van der Waals surface area contributed by atoms with Gasteiger partial charge in [0.05, 0.1) is 10.9 Å². The lowest BCUT2D eigenvalue weighted by Crippen LogP contribution is -2.47. The molecule has 2 aromatic heterocycles. The van der Waals surface area contributed by atoms with Crippen molar-refractivity contribution in [2.24, 2.45) is 0 Å². The second-order valence-electron chi connectivity index (χ2n) is 7.83. The summed E-state index contributed by atoms with van der Waals surface area (Å²) in [5.74, 6) is 0.469. The molecule has 5 rings (SSSR count). The molecule has 0 radical (unpaired) electrons. The van der Waals surface area contributed by atoms with E-state index in [1.807, 2.05) is 31.2 Å². The summed E-state index contributed by atoms with van der Waals surface area (Å²) in [6.07, 6.45) is 0.696. The Balaban J connectivity index is 1.48. The van der Waals surface area contributed by atoms with E-state index in [4.69, 9.17) is 11.6 Å². The highest BCUT2D eigenvalue weighted by Crippen LogP contribution is 2.40. The molecule has 166 valence electrons. The van der Waals surface area contributed by atoms with Crippen LogP contribution in [0.5, 0.6) is 5.88 Å². The Bertz CT molecular complexity index is 1250. The van der Waals surface area contributed by atoms with Gasteiger partial charge in [0.2, 0.25) is 10.8 Å². The van der Waals surface area contributed by atoms with Crippen molar-refractivity contribution in [3.63, 3.8) is 0 Å². The lowest BCUT2D eigenvalue weighted by Gasteiger charge is -2.40. The van der Waals surface area contributed by atoms with E-state index in [0.717, 1.165) is 42.3 Å². The second-order valence-corrected chi connectivity index (χ2v) is 9.27. The number of hydrogen-bond acceptors (Lipinski definition) is 6. The average Bonchev–Trinajstić information content (AvgIpc) is 3.34. The van der Waals surface area contributed by atoms with Crippen molar-refractivity contribution < 1.29 is 9.50 Å². The van der Waals surface area contributed by atoms with Crippen LogP contribution in [0.1, 0.15) is 29.2 Å². The first kappa shape index (κ1) is 21.2. The van der Waals surface area contributed by atoms with Crippen LogP contribution in [0.4, 0.5) is 10.1 Å². The Morgan fingerprint density at radius 2 is 1.91 bits per heavy atom. The van der Waals surface area contributed by atoms with E-state index in [1.165, 1.54) is 21.9 Å². The van der Waals surface area contributed by atoms with Gasteiger partial charge in [-0.1, -0.05) is 48.1 Å². The molecule has 0 bridgehead atoms. The summed E-state index contributed by atoms with van der Waals surface area (Å²) >= 11 is 7.58. The Morgan fingerprint density at radius 1 is 1.12 bits per heavy atom. The molecule has 0 saturated carbocycles. The van der Waals surface area contributed by atoms with Gasteiger partial charge in [0.25, 0.3) is 0 Å². The summed E-state index contributed by atoms with van der Waals surface area (Å²) in [4.78, 5) is 10.5. The van der Waals surface area contributed by atoms with Gasteiger partial charge in [0.1, 0.15) is 5.82 Å². The zero-order valence-electron chi connectivity index (χ0n) is 17.6. The van der Waals surface area contributed by atoms with E-state index >= 15 is 0 Å². The third-order valence-corrected chi connectivity index (χ3v) is 7.13. The summed E-state index contributed by atoms with van der Waals surface area (Å²) in [6.45, 7) is 5.08. The standard InChI is InChI=1S/C23H23ClFN5OS/c1-2-19-26-23-30(27-19)22(31)21(32-23)20(15-5-3-7-17(25)13-15)29-11-9-28(10-12-29)18-8-4-6-16(24)14-18/h3-8,13-14,20,31H,2,9-12H2,1H3/t20-/m0/s1. The number of halogens is 2. The van der Waals surface area contributed by atoms with E-state index in [1.54, 1.807) is 12.1 Å². The molecule has 32 heavy (non-hydrogen) atoms. The number of piperazine rings is 1. The zero-order valence-corrected chi connectivity index (χ0v) is 19.2. The van der Waals surface area contributed by atoms with Crippen LogP contribution in [0, 0.1) is 5.82 Å². The zero-order chi connectivity index (χ0) is 22.2. The van der Waals surface area contributed by atoms with Crippen LogP contribution in [0.25, 0.3) is 4.96 Å². The smallest absolute Gasteiger partial charge is 0.230 e. The van der Waals surface area contributed by atoms with E-state index in [-0.39, 0.29) is 17.7 Å². The van der Waals surface area contributed by atoms with Crippen LogP contribution >= 0.6 is 22.9 Å². The molecule has 4 aromatic rings. The number of fused-ring (bicyclic) bond motifs is 1. The normalized spacial score (nSPS) is 16.0. The van der Waals surface area contributed by atoms with Gasteiger partial charge in [-0.3, -0.25) is 4.90 Å². The monoisotopic (exact) mass is 471 g/mol. The number of nitrogens with zero attached hydrogens (tertiary/aromatic N) is 5. The number of hydrogen-bond donors (Lipinski definition) is 1. The summed E-state index contributed by atoms with van der Waals surface area (Å²) in [5.41, 5.74) is 1.89. The van der Waals surface area contributed by atoms with Crippen molar-refractivity contribution in [3.05, 3.63) is 75.6 Å². The van der Waals surface area contributed by atoms with Gasteiger partial charge in [-0.15, -0.1) is 5.10 Å². The first-order chi connectivity index (χ1) is 15.5. The van der Waals surface area contributed by atoms with Gasteiger partial charge in [0.15, 0.2) is 5.82 Å². The van der Waals surface area contributed by atoms with Gasteiger partial charge in [-0.2, -0.15) is 4.52 Å². The van der Waals surface area contributed by atoms with E-state index in [9.17, 15) is 9.50 Å². The van der Waals surface area contributed by atoms with Crippen LogP contribution in [0.3, 0.4) is 0 Å². The number of aromatic nitrogens is 3. The van der Waals surface area contributed by atoms with Crippen LogP contribution in [0.15, 0.2) is 48.5 Å². The number of thiazole rings is 1. The van der Waals surface area contributed by atoms with E-state index in [2.05, 4.69) is 25.9 Å². The fraction of sp³-hybridized carbons (Fsp3) is 0.304. The SMILES string of the molecule is CCc1nc2sc([C@H](c3cccc(F)c3)N3CCN(c4cccc(Cl)c4)CC3)c(O)n2n1. The fourth-order valence-electron chi connectivity index (χ4n) is 4.23. The Kier molecular flexibility index (Phi) is 5.75. The van der Waals surface area contributed by atoms with Gasteiger partial charge in [-0.25, -0.2) is 9.37 Å². The molecule has 1 aliphatic rings. The fourth-order valence-corrected chi connectivity index (χ4v) is 5.55. The van der Waals surface area contributed by atoms with Crippen LogP contribution in [0.2, 0.25) is 5.02 Å². The third kappa shape index (κ3) is 3.94. The molecule has 1 fully saturated rings. The molecular formula is C23H23ClFN5OS. The molecule has 1 aliphatic heterocycles. The largest absolute Gasteiger partial charge is 0.492 e. The Hall–Kier alpha value is -2.68. The summed E-state index contributed by atoms with van der Waals surface area (Å²) < 4.78 is 15.6. The number of aryl methyl sites for hydroxylation is 1. The number of anilines is 1. The summed E-state index contributed by atoms with van der Waals surface area (Å²) in [6, 6.07) is 14.2. The molecule has 0 aliphatic carbocycles. The lowest BCUT2D eigenvalue weighted by atomic mass is 10.0. The van der Waals surface area contributed by atoms with Crippen molar-refractivity contribution in [2.75, 3.05) is 31.1 Å². The molecule has 6 nitrogen and oxygen atoms in total. The maximum atomic E-state index is 14.1. The topological polar surface area (TPSA) is 56.9 Å². The molecule has 1 atom stereocenters. The van der Waals surface area contributed by atoms with E-state index in [0.29, 0.717) is 22.2 Å². The molecule has 9 heteroatoms. The van der Waals surface area contributed by atoms with Crippen LogP contribution < -0.4 is 4.90 Å². The number of rotatable bonds is 5. The highest BCUT2D eigenvalue weighted by Gasteiger charge is 2.32. The van der Waals surface area contributed by atoms with Crippen molar-refractivity contribution in [3.8, 4) is 5.88 Å². The van der Waals surface area contributed by atoms with Crippen molar-refractivity contribution in [2.45, 2.75) is 19.4 Å². The summed E-state index contributed by atoms with van der Waals surface area (Å²) in [7, 11) is 0.